The highest BCUT2D eigenvalue weighted by Gasteiger charge is 2.25. The number of hydrogen-bond acceptors (Lipinski definition) is 4. The first-order valence-electron chi connectivity index (χ1n) is 21.8. The highest BCUT2D eigenvalue weighted by atomic mass is 16.3. The molecule has 0 aliphatic heterocycles. The van der Waals surface area contributed by atoms with Crippen LogP contribution in [-0.2, 0) is 6.42 Å². The number of furan rings is 1. The molecule has 0 radical (unpaired) electrons. The third-order valence-corrected chi connectivity index (χ3v) is 12.8. The number of benzene rings is 7. The number of allylic oxidation sites excluding steroid dienone is 9. The van der Waals surface area contributed by atoms with E-state index in [2.05, 4.69) is 194 Å². The van der Waals surface area contributed by atoms with E-state index in [1.165, 1.54) is 44.4 Å². The summed E-state index contributed by atoms with van der Waals surface area (Å²) < 4.78 is 6.55. The quantitative estimate of drug-likeness (QED) is 0.161. The van der Waals surface area contributed by atoms with Gasteiger partial charge in [-0.15, -0.1) is 0 Å². The molecular formula is C59H41N3O. The molecule has 12 rings (SSSR count). The van der Waals surface area contributed by atoms with Gasteiger partial charge in [-0.2, -0.15) is 0 Å². The van der Waals surface area contributed by atoms with Crippen LogP contribution in [0.3, 0.4) is 0 Å². The van der Waals surface area contributed by atoms with E-state index in [1.807, 2.05) is 12.1 Å². The molecular weight excluding hydrogens is 767 g/mol. The van der Waals surface area contributed by atoms with Crippen LogP contribution in [0, 0.1) is 5.92 Å². The van der Waals surface area contributed by atoms with Crippen LogP contribution in [0.1, 0.15) is 24.2 Å². The summed E-state index contributed by atoms with van der Waals surface area (Å²) in [4.78, 5) is 15.3. The molecule has 1 unspecified atom stereocenters. The fourth-order valence-corrected chi connectivity index (χ4v) is 9.45. The fraction of sp³-hybridized carbons (Fsp3) is 0.0678. The van der Waals surface area contributed by atoms with E-state index in [0.717, 1.165) is 74.8 Å². The number of fused-ring (bicyclic) bond motifs is 5. The summed E-state index contributed by atoms with van der Waals surface area (Å²) in [5.41, 5.74) is 16.2. The first kappa shape index (κ1) is 36.9. The molecule has 2 aromatic heterocycles. The van der Waals surface area contributed by atoms with Crippen molar-refractivity contribution in [3.8, 4) is 67.5 Å². The van der Waals surface area contributed by atoms with Crippen LogP contribution in [-0.4, -0.2) is 15.0 Å². The Morgan fingerprint density at radius 1 is 0.460 bits per heavy atom. The van der Waals surface area contributed by atoms with Crippen LogP contribution in [0.2, 0.25) is 0 Å². The van der Waals surface area contributed by atoms with Crippen LogP contribution in [0.5, 0.6) is 0 Å². The molecule has 7 aromatic carbocycles. The van der Waals surface area contributed by atoms with Crippen molar-refractivity contribution in [3.05, 3.63) is 228 Å². The van der Waals surface area contributed by atoms with Gasteiger partial charge in [-0.05, 0) is 98.0 Å². The van der Waals surface area contributed by atoms with E-state index in [4.69, 9.17) is 19.4 Å². The van der Waals surface area contributed by atoms with Crippen LogP contribution in [0.4, 0.5) is 0 Å². The monoisotopic (exact) mass is 807 g/mol. The maximum absolute atomic E-state index is 6.55. The Morgan fingerprint density at radius 2 is 1.03 bits per heavy atom. The Hall–Kier alpha value is -7.95. The second-order valence-electron chi connectivity index (χ2n) is 16.7. The lowest BCUT2D eigenvalue weighted by Crippen LogP contribution is -2.10. The van der Waals surface area contributed by atoms with Gasteiger partial charge in [-0.1, -0.05) is 182 Å². The van der Waals surface area contributed by atoms with Gasteiger partial charge < -0.3 is 4.42 Å². The van der Waals surface area contributed by atoms with Crippen LogP contribution in [0.25, 0.3) is 95.4 Å². The first-order chi connectivity index (χ1) is 31.2. The Bertz CT molecular complexity index is 3280. The normalized spacial score (nSPS) is 15.4. The summed E-state index contributed by atoms with van der Waals surface area (Å²) in [6, 6.07) is 57.5. The van der Waals surface area contributed by atoms with E-state index in [-0.39, 0.29) is 0 Å². The van der Waals surface area contributed by atoms with E-state index in [0.29, 0.717) is 23.4 Å². The zero-order chi connectivity index (χ0) is 41.7. The minimum atomic E-state index is 0.455. The second-order valence-corrected chi connectivity index (χ2v) is 16.7. The second kappa shape index (κ2) is 15.5. The van der Waals surface area contributed by atoms with E-state index in [1.54, 1.807) is 0 Å². The standard InChI is InChI=1S/C59H41N3O/c1-3-10-38(11-4-1)41-18-23-43(24-19-41)57-60-58(44-25-20-42(21-26-44)39-12-5-2-6-13-39)62-59(61-57)51-31-29-47-35-50(30-28-48(47)36-51)52-16-9-17-55-56(52)53-37-49(32-33-54(53)63-55)46-27-22-40-14-7-8-15-45(40)34-46/h1-31,35-37,45H,32-34H2. The first-order valence-corrected chi connectivity index (χ1v) is 21.8. The van der Waals surface area contributed by atoms with Crippen LogP contribution >= 0.6 is 0 Å². The van der Waals surface area contributed by atoms with Gasteiger partial charge in [0, 0.05) is 40.0 Å². The zero-order valence-corrected chi connectivity index (χ0v) is 34.6. The molecule has 2 heterocycles. The number of rotatable bonds is 7. The maximum Gasteiger partial charge on any atom is 0.164 e. The van der Waals surface area contributed by atoms with E-state index < -0.39 is 0 Å². The van der Waals surface area contributed by atoms with Crippen LogP contribution < -0.4 is 0 Å². The molecule has 0 bridgehead atoms. The highest BCUT2D eigenvalue weighted by molar-refractivity contribution is 6.03. The van der Waals surface area contributed by atoms with Gasteiger partial charge in [0.15, 0.2) is 17.5 Å². The van der Waals surface area contributed by atoms with Crippen LogP contribution in [0.15, 0.2) is 221 Å². The van der Waals surface area contributed by atoms with E-state index in [9.17, 15) is 0 Å². The molecule has 0 saturated heterocycles. The van der Waals surface area contributed by atoms with E-state index >= 15 is 0 Å². The van der Waals surface area contributed by atoms with Crippen molar-refractivity contribution >= 4 is 27.8 Å². The lowest BCUT2D eigenvalue weighted by molar-refractivity contribution is 0.543. The number of nitrogens with zero attached hydrogens (tertiary/aromatic N) is 3. The van der Waals surface area contributed by atoms with Crippen molar-refractivity contribution in [1.29, 1.82) is 0 Å². The smallest absolute Gasteiger partial charge is 0.164 e. The summed E-state index contributed by atoms with van der Waals surface area (Å²) >= 11 is 0. The predicted octanol–water partition coefficient (Wildman–Crippen LogP) is 15.1. The van der Waals surface area contributed by atoms with Gasteiger partial charge in [0.25, 0.3) is 0 Å². The number of aryl methyl sites for hydroxylation is 1. The number of hydrogen-bond donors (Lipinski definition) is 0. The average Bonchev–Trinajstić information content (AvgIpc) is 3.75. The lowest BCUT2D eigenvalue weighted by Gasteiger charge is -2.25. The summed E-state index contributed by atoms with van der Waals surface area (Å²) in [6.45, 7) is 0. The summed E-state index contributed by atoms with van der Waals surface area (Å²) in [7, 11) is 0. The van der Waals surface area contributed by atoms with Crippen molar-refractivity contribution in [2.24, 2.45) is 5.92 Å². The van der Waals surface area contributed by atoms with Gasteiger partial charge in [-0.3, -0.25) is 0 Å². The van der Waals surface area contributed by atoms with Crippen molar-refractivity contribution in [1.82, 2.24) is 15.0 Å². The molecule has 3 aliphatic rings. The Kier molecular flexibility index (Phi) is 9.07. The SMILES string of the molecule is C1=CC2=CC=C(C3=Cc4c(oc5cccc(-c6ccc7cc(-c8nc(-c9ccc(-c%10ccccc%10)cc9)nc(-c9ccc(-c%10ccccc%10)cc9)n8)ccc7c6)c45)CC3)CC2C=C1. The van der Waals surface area contributed by atoms with Gasteiger partial charge in [0.05, 0.1) is 0 Å². The minimum Gasteiger partial charge on any atom is -0.460 e. The molecule has 0 saturated carbocycles. The maximum atomic E-state index is 6.55. The molecule has 4 heteroatoms. The molecule has 0 fully saturated rings. The average molecular weight is 808 g/mol. The summed E-state index contributed by atoms with van der Waals surface area (Å²) in [6.07, 6.45) is 18.9. The molecule has 0 amide bonds. The molecule has 0 N–H and O–H groups in total. The summed E-state index contributed by atoms with van der Waals surface area (Å²) in [5.74, 6) is 3.43. The predicted molar refractivity (Wildman–Crippen MR) is 259 cm³/mol. The lowest BCUT2D eigenvalue weighted by atomic mass is 9.79. The van der Waals surface area contributed by atoms with Gasteiger partial charge >= 0.3 is 0 Å². The van der Waals surface area contributed by atoms with Crippen molar-refractivity contribution in [3.63, 3.8) is 0 Å². The largest absolute Gasteiger partial charge is 0.460 e. The third kappa shape index (κ3) is 6.96. The molecule has 1 atom stereocenters. The third-order valence-electron chi connectivity index (χ3n) is 12.8. The van der Waals surface area contributed by atoms with Gasteiger partial charge in [0.1, 0.15) is 11.3 Å². The molecule has 63 heavy (non-hydrogen) atoms. The fourth-order valence-electron chi connectivity index (χ4n) is 9.45. The van der Waals surface area contributed by atoms with Crippen molar-refractivity contribution in [2.75, 3.05) is 0 Å². The molecule has 4 nitrogen and oxygen atoms in total. The Balaban J connectivity index is 0.905. The molecule has 0 spiro atoms. The highest BCUT2D eigenvalue weighted by Crippen LogP contribution is 2.43. The summed E-state index contributed by atoms with van der Waals surface area (Å²) in [5, 5.41) is 3.45. The topological polar surface area (TPSA) is 51.8 Å². The zero-order valence-electron chi connectivity index (χ0n) is 34.6. The Morgan fingerprint density at radius 3 is 1.70 bits per heavy atom. The minimum absolute atomic E-state index is 0.455. The van der Waals surface area contributed by atoms with Gasteiger partial charge in [-0.25, -0.2) is 15.0 Å². The molecule has 298 valence electrons. The van der Waals surface area contributed by atoms with Gasteiger partial charge in [0.2, 0.25) is 0 Å². The Labute approximate surface area is 366 Å². The molecule has 3 aliphatic carbocycles. The number of aromatic nitrogens is 3. The molecule has 9 aromatic rings. The van der Waals surface area contributed by atoms with Crippen molar-refractivity contribution in [2.45, 2.75) is 19.3 Å². The van der Waals surface area contributed by atoms with Crippen molar-refractivity contribution < 1.29 is 4.42 Å².